The molecule has 0 N–H and O–H groups in total. The van der Waals surface area contributed by atoms with Crippen LogP contribution in [0.2, 0.25) is 0 Å². The highest BCUT2D eigenvalue weighted by molar-refractivity contribution is 6.17. The minimum Gasteiger partial charge on any atom is -0.341 e. The van der Waals surface area contributed by atoms with Crippen LogP contribution in [0.25, 0.3) is 0 Å². The Balaban J connectivity index is 2.05. The summed E-state index contributed by atoms with van der Waals surface area (Å²) in [6, 6.07) is 13.1. The normalized spacial score (nSPS) is 13.3. The molecule has 1 aliphatic heterocycles. The smallest absolute Gasteiger partial charge is 0.269 e. The quantitative estimate of drug-likeness (QED) is 0.487. The summed E-state index contributed by atoms with van der Waals surface area (Å²) in [5.74, 6) is 0.260. The van der Waals surface area contributed by atoms with Crippen LogP contribution in [-0.2, 0) is 12.3 Å². The number of hydrogen-bond donors (Lipinski definition) is 0. The molecule has 1 aliphatic rings. The number of hydrogen-bond acceptors (Lipinski definition) is 3. The van der Waals surface area contributed by atoms with Crippen molar-refractivity contribution in [3.63, 3.8) is 0 Å². The maximum Gasteiger partial charge on any atom is 0.269 e. The van der Waals surface area contributed by atoms with Crippen molar-refractivity contribution in [3.8, 4) is 0 Å². The summed E-state index contributed by atoms with van der Waals surface area (Å²) >= 11 is 5.96. The van der Waals surface area contributed by atoms with Crippen LogP contribution in [0.1, 0.15) is 11.1 Å². The van der Waals surface area contributed by atoms with E-state index in [0.717, 1.165) is 29.9 Å². The van der Waals surface area contributed by atoms with E-state index in [0.29, 0.717) is 0 Å². The highest BCUT2D eigenvalue weighted by atomic mass is 35.5. The number of anilines is 2. The van der Waals surface area contributed by atoms with Gasteiger partial charge in [-0.3, -0.25) is 10.1 Å². The second-order valence-electron chi connectivity index (χ2n) is 4.73. The molecule has 0 unspecified atom stereocenters. The molecule has 0 amide bonds. The van der Waals surface area contributed by atoms with E-state index in [1.165, 1.54) is 11.6 Å². The Morgan fingerprint density at radius 3 is 2.75 bits per heavy atom. The molecule has 2 aromatic carbocycles. The molecule has 20 heavy (non-hydrogen) atoms. The number of rotatable bonds is 3. The first-order valence-corrected chi connectivity index (χ1v) is 6.93. The van der Waals surface area contributed by atoms with Crippen molar-refractivity contribution in [2.75, 3.05) is 11.4 Å². The Bertz CT molecular complexity index is 673. The molecule has 0 spiro atoms. The fourth-order valence-corrected chi connectivity index (χ4v) is 2.86. The molecule has 0 saturated heterocycles. The molecule has 3 rings (SSSR count). The van der Waals surface area contributed by atoms with Crippen molar-refractivity contribution in [1.82, 2.24) is 0 Å². The largest absolute Gasteiger partial charge is 0.341 e. The van der Waals surface area contributed by atoms with E-state index in [1.54, 1.807) is 12.1 Å². The zero-order chi connectivity index (χ0) is 14.1. The van der Waals surface area contributed by atoms with E-state index < -0.39 is 4.92 Å². The minimum absolute atomic E-state index is 0.0804. The van der Waals surface area contributed by atoms with E-state index in [2.05, 4.69) is 17.0 Å². The van der Waals surface area contributed by atoms with E-state index in [9.17, 15) is 10.1 Å². The molecule has 0 radical (unpaired) electrons. The summed E-state index contributed by atoms with van der Waals surface area (Å²) in [7, 11) is 0. The van der Waals surface area contributed by atoms with Crippen LogP contribution in [0.4, 0.5) is 17.1 Å². The zero-order valence-corrected chi connectivity index (χ0v) is 11.5. The number of halogens is 1. The first-order valence-electron chi connectivity index (χ1n) is 6.39. The lowest BCUT2D eigenvalue weighted by atomic mass is 10.1. The SMILES string of the molecule is O=[N+]([O-])c1ccc(N2CCc3ccccc32)c(CCl)c1. The lowest BCUT2D eigenvalue weighted by molar-refractivity contribution is -0.384. The van der Waals surface area contributed by atoms with E-state index in [-0.39, 0.29) is 11.6 Å². The maximum atomic E-state index is 10.8. The van der Waals surface area contributed by atoms with Gasteiger partial charge in [0.1, 0.15) is 0 Å². The summed E-state index contributed by atoms with van der Waals surface area (Å²) in [5.41, 5.74) is 4.28. The van der Waals surface area contributed by atoms with Gasteiger partial charge in [-0.1, -0.05) is 18.2 Å². The van der Waals surface area contributed by atoms with Crippen molar-refractivity contribution in [2.24, 2.45) is 0 Å². The van der Waals surface area contributed by atoms with Gasteiger partial charge in [-0.05, 0) is 29.7 Å². The number of nitro groups is 1. The molecule has 5 heteroatoms. The third kappa shape index (κ3) is 2.12. The molecule has 0 atom stereocenters. The monoisotopic (exact) mass is 288 g/mol. The number of alkyl halides is 1. The van der Waals surface area contributed by atoms with Gasteiger partial charge in [0.2, 0.25) is 0 Å². The van der Waals surface area contributed by atoms with Crippen molar-refractivity contribution >= 4 is 28.7 Å². The number of non-ortho nitro benzene ring substituents is 1. The van der Waals surface area contributed by atoms with Crippen LogP contribution < -0.4 is 4.90 Å². The number of para-hydroxylation sites is 1. The van der Waals surface area contributed by atoms with Gasteiger partial charge in [0.15, 0.2) is 0 Å². The van der Waals surface area contributed by atoms with Crippen molar-refractivity contribution in [3.05, 3.63) is 63.7 Å². The minimum atomic E-state index is -0.391. The topological polar surface area (TPSA) is 46.4 Å². The lowest BCUT2D eigenvalue weighted by Crippen LogP contribution is -2.15. The molecule has 2 aromatic rings. The van der Waals surface area contributed by atoms with Gasteiger partial charge in [-0.25, -0.2) is 0 Å². The Morgan fingerprint density at radius 2 is 2.00 bits per heavy atom. The molecule has 4 nitrogen and oxygen atoms in total. The van der Waals surface area contributed by atoms with Crippen LogP contribution in [0.5, 0.6) is 0 Å². The third-order valence-corrected chi connectivity index (χ3v) is 3.88. The van der Waals surface area contributed by atoms with Gasteiger partial charge in [0, 0.05) is 35.9 Å². The van der Waals surface area contributed by atoms with Crippen LogP contribution >= 0.6 is 11.6 Å². The number of benzene rings is 2. The first-order chi connectivity index (χ1) is 9.70. The van der Waals surface area contributed by atoms with Crippen molar-refractivity contribution in [2.45, 2.75) is 12.3 Å². The number of nitrogens with zero attached hydrogens (tertiary/aromatic N) is 2. The highest BCUT2D eigenvalue weighted by Crippen LogP contribution is 2.37. The number of nitro benzene ring substituents is 1. The summed E-state index contributed by atoms with van der Waals surface area (Å²) in [4.78, 5) is 12.6. The predicted molar refractivity (Wildman–Crippen MR) is 79.8 cm³/mol. The molecule has 102 valence electrons. The van der Waals surface area contributed by atoms with Gasteiger partial charge in [-0.2, -0.15) is 0 Å². The lowest BCUT2D eigenvalue weighted by Gasteiger charge is -2.22. The second-order valence-corrected chi connectivity index (χ2v) is 5.00. The van der Waals surface area contributed by atoms with Gasteiger partial charge < -0.3 is 4.90 Å². The van der Waals surface area contributed by atoms with Crippen LogP contribution in [-0.4, -0.2) is 11.5 Å². The number of fused-ring (bicyclic) bond motifs is 1. The molecule has 0 bridgehead atoms. The average molecular weight is 289 g/mol. The van der Waals surface area contributed by atoms with Crippen LogP contribution in [0, 0.1) is 10.1 Å². The molecular weight excluding hydrogens is 276 g/mol. The highest BCUT2D eigenvalue weighted by Gasteiger charge is 2.22. The fourth-order valence-electron chi connectivity index (χ4n) is 2.64. The standard InChI is InChI=1S/C15H13ClN2O2/c16-10-12-9-13(18(19)20)5-6-15(12)17-8-7-11-3-1-2-4-14(11)17/h1-6,9H,7-8,10H2. The predicted octanol–water partition coefficient (Wildman–Crippen LogP) is 4.03. The summed E-state index contributed by atoms with van der Waals surface area (Å²) in [6.07, 6.45) is 0.981. The Labute approximate surface area is 121 Å². The van der Waals surface area contributed by atoms with E-state index in [4.69, 9.17) is 11.6 Å². The maximum absolute atomic E-state index is 10.8. The van der Waals surface area contributed by atoms with E-state index in [1.807, 2.05) is 12.1 Å². The third-order valence-electron chi connectivity index (χ3n) is 3.60. The van der Waals surface area contributed by atoms with Gasteiger partial charge >= 0.3 is 0 Å². The molecular formula is C15H13ClN2O2. The summed E-state index contributed by atoms with van der Waals surface area (Å²) in [5, 5.41) is 10.8. The molecule has 0 aliphatic carbocycles. The molecule has 1 heterocycles. The Morgan fingerprint density at radius 1 is 1.20 bits per heavy atom. The Kier molecular flexibility index (Phi) is 3.32. The summed E-state index contributed by atoms with van der Waals surface area (Å²) in [6.45, 7) is 0.876. The van der Waals surface area contributed by atoms with Crippen molar-refractivity contribution < 1.29 is 4.92 Å². The van der Waals surface area contributed by atoms with Gasteiger partial charge in [0.25, 0.3) is 5.69 Å². The van der Waals surface area contributed by atoms with Crippen LogP contribution in [0.15, 0.2) is 42.5 Å². The second kappa shape index (κ2) is 5.13. The zero-order valence-electron chi connectivity index (χ0n) is 10.8. The van der Waals surface area contributed by atoms with Gasteiger partial charge in [-0.15, -0.1) is 11.6 Å². The van der Waals surface area contributed by atoms with Crippen LogP contribution in [0.3, 0.4) is 0 Å². The molecule has 0 aromatic heterocycles. The fraction of sp³-hybridized carbons (Fsp3) is 0.200. The van der Waals surface area contributed by atoms with E-state index >= 15 is 0 Å². The molecule has 0 saturated carbocycles. The Hall–Kier alpha value is -2.07. The van der Waals surface area contributed by atoms with Crippen molar-refractivity contribution in [1.29, 1.82) is 0 Å². The average Bonchev–Trinajstić information content (AvgIpc) is 2.90. The first kappa shape index (κ1) is 12.9. The summed E-state index contributed by atoms with van der Waals surface area (Å²) < 4.78 is 0. The molecule has 0 fully saturated rings. The van der Waals surface area contributed by atoms with Gasteiger partial charge in [0.05, 0.1) is 4.92 Å².